The fraction of sp³-hybridized carbons (Fsp3) is 0.455. The summed E-state index contributed by atoms with van der Waals surface area (Å²) in [5, 5.41) is 0.209. The summed E-state index contributed by atoms with van der Waals surface area (Å²) in [5.74, 6) is 0. The lowest BCUT2D eigenvalue weighted by Gasteiger charge is -2.20. The van der Waals surface area contributed by atoms with Gasteiger partial charge < -0.3 is 10.5 Å². The zero-order valence-corrected chi connectivity index (χ0v) is 12.4. The molecule has 0 aliphatic carbocycles. The van der Waals surface area contributed by atoms with Crippen molar-refractivity contribution in [3.8, 4) is 0 Å². The molecule has 5 nitrogen and oxygen atoms in total. The van der Waals surface area contributed by atoms with Gasteiger partial charge in [0, 0.05) is 19.7 Å². The predicted octanol–water partition coefficient (Wildman–Crippen LogP) is 1.99. The first-order valence-corrected chi connectivity index (χ1v) is 7.95. The molecule has 2 N–H and O–H groups in total. The van der Waals surface area contributed by atoms with Crippen LogP contribution in [0.15, 0.2) is 17.0 Å². The van der Waals surface area contributed by atoms with Crippen molar-refractivity contribution in [3.05, 3.63) is 22.2 Å². The minimum atomic E-state index is -3.67. The maximum Gasteiger partial charge on any atom is 0.244 e. The predicted molar refractivity (Wildman–Crippen MR) is 75.1 cm³/mol. The average molecular weight is 325 g/mol. The molecular formula is C11H14Cl2N2O3S. The number of nitrogens with zero attached hydrogens (tertiary/aromatic N) is 1. The third-order valence-electron chi connectivity index (χ3n) is 2.89. The molecule has 1 aromatic carbocycles. The first-order chi connectivity index (χ1) is 8.94. The van der Waals surface area contributed by atoms with E-state index >= 15 is 0 Å². The van der Waals surface area contributed by atoms with E-state index in [9.17, 15) is 8.42 Å². The summed E-state index contributed by atoms with van der Waals surface area (Å²) in [4.78, 5) is -0.0158. The van der Waals surface area contributed by atoms with Gasteiger partial charge in [0.05, 0.1) is 22.3 Å². The standard InChI is InChI=1S/C11H14Cl2N2O3S/c12-8-2-3-9(10(13)11(8)14)19(16,17)15-4-1-6-18-7-5-15/h2-3H,1,4-7,14H2. The normalized spacial score (nSPS) is 18.2. The topological polar surface area (TPSA) is 72.6 Å². The smallest absolute Gasteiger partial charge is 0.244 e. The SMILES string of the molecule is Nc1c(Cl)ccc(S(=O)(=O)N2CCCOCC2)c1Cl. The molecule has 0 amide bonds. The van der Waals surface area contributed by atoms with Crippen molar-refractivity contribution in [3.63, 3.8) is 0 Å². The number of hydrogen-bond donors (Lipinski definition) is 1. The highest BCUT2D eigenvalue weighted by atomic mass is 35.5. The first kappa shape index (κ1) is 14.9. The molecule has 1 aliphatic rings. The van der Waals surface area contributed by atoms with Crippen LogP contribution in [0.5, 0.6) is 0 Å². The highest BCUT2D eigenvalue weighted by Gasteiger charge is 2.28. The molecule has 106 valence electrons. The Morgan fingerprint density at radius 1 is 1.21 bits per heavy atom. The molecule has 19 heavy (non-hydrogen) atoms. The van der Waals surface area contributed by atoms with Crippen molar-refractivity contribution in [1.29, 1.82) is 0 Å². The summed E-state index contributed by atoms with van der Waals surface area (Å²) in [6, 6.07) is 2.81. The van der Waals surface area contributed by atoms with Gasteiger partial charge in [0.15, 0.2) is 0 Å². The van der Waals surface area contributed by atoms with Gasteiger partial charge in [0.2, 0.25) is 10.0 Å². The molecule has 1 aromatic rings. The molecule has 0 unspecified atom stereocenters. The second kappa shape index (κ2) is 5.85. The van der Waals surface area contributed by atoms with Gasteiger partial charge in [-0.15, -0.1) is 0 Å². The quantitative estimate of drug-likeness (QED) is 0.844. The number of halogens is 2. The van der Waals surface area contributed by atoms with Crippen LogP contribution in [0.4, 0.5) is 5.69 Å². The fourth-order valence-corrected chi connectivity index (χ4v) is 4.05. The fourth-order valence-electron chi connectivity index (χ4n) is 1.85. The van der Waals surface area contributed by atoms with Gasteiger partial charge in [-0.05, 0) is 18.6 Å². The van der Waals surface area contributed by atoms with Crippen molar-refractivity contribution < 1.29 is 13.2 Å². The Morgan fingerprint density at radius 3 is 2.68 bits per heavy atom. The number of benzene rings is 1. The average Bonchev–Trinajstić information content (AvgIpc) is 2.65. The Morgan fingerprint density at radius 2 is 1.95 bits per heavy atom. The number of nitrogen functional groups attached to an aromatic ring is 1. The Labute approximate surface area is 122 Å². The number of hydrogen-bond acceptors (Lipinski definition) is 4. The third-order valence-corrected chi connectivity index (χ3v) is 5.68. The van der Waals surface area contributed by atoms with Gasteiger partial charge in [0.25, 0.3) is 0 Å². The second-order valence-corrected chi connectivity index (χ2v) is 6.83. The van der Waals surface area contributed by atoms with Crippen molar-refractivity contribution >= 4 is 38.9 Å². The van der Waals surface area contributed by atoms with Gasteiger partial charge >= 0.3 is 0 Å². The highest BCUT2D eigenvalue weighted by molar-refractivity contribution is 7.89. The molecule has 8 heteroatoms. The van der Waals surface area contributed by atoms with Crippen molar-refractivity contribution in [2.75, 3.05) is 32.0 Å². The van der Waals surface area contributed by atoms with Crippen LogP contribution in [0, 0.1) is 0 Å². The molecule has 1 fully saturated rings. The largest absolute Gasteiger partial charge is 0.396 e. The van der Waals surface area contributed by atoms with Gasteiger partial charge in [-0.2, -0.15) is 4.31 Å². The summed E-state index contributed by atoms with van der Waals surface area (Å²) >= 11 is 11.8. The van der Waals surface area contributed by atoms with Crippen LogP contribution in [0.1, 0.15) is 6.42 Å². The molecule has 0 saturated carbocycles. The number of ether oxygens (including phenoxy) is 1. The summed E-state index contributed by atoms with van der Waals surface area (Å²) in [6.45, 7) is 1.64. The van der Waals surface area contributed by atoms with Crippen LogP contribution in [0.3, 0.4) is 0 Å². The molecule has 1 saturated heterocycles. The van der Waals surface area contributed by atoms with E-state index in [2.05, 4.69) is 0 Å². The Balaban J connectivity index is 2.41. The minimum absolute atomic E-state index is 0.0158. The van der Waals surface area contributed by atoms with Crippen molar-refractivity contribution in [2.24, 2.45) is 0 Å². The Bertz CT molecular complexity index is 570. The molecule has 2 rings (SSSR count). The first-order valence-electron chi connectivity index (χ1n) is 5.76. The monoisotopic (exact) mass is 324 g/mol. The molecule has 1 aliphatic heterocycles. The van der Waals surface area contributed by atoms with E-state index in [0.29, 0.717) is 32.7 Å². The van der Waals surface area contributed by atoms with Crippen molar-refractivity contribution in [1.82, 2.24) is 4.31 Å². The van der Waals surface area contributed by atoms with Crippen LogP contribution < -0.4 is 5.73 Å². The molecule has 1 heterocycles. The number of anilines is 1. The van der Waals surface area contributed by atoms with Crippen LogP contribution >= 0.6 is 23.2 Å². The molecule has 0 bridgehead atoms. The molecule has 0 spiro atoms. The Hall–Kier alpha value is -0.530. The number of sulfonamides is 1. The summed E-state index contributed by atoms with van der Waals surface area (Å²) in [7, 11) is -3.67. The molecule has 0 aromatic heterocycles. The molecular weight excluding hydrogens is 311 g/mol. The second-order valence-electron chi connectivity index (χ2n) is 4.14. The lowest BCUT2D eigenvalue weighted by Crippen LogP contribution is -2.33. The van der Waals surface area contributed by atoms with Crippen LogP contribution in [0.25, 0.3) is 0 Å². The maximum atomic E-state index is 12.5. The number of nitrogens with two attached hydrogens (primary N) is 1. The van der Waals surface area contributed by atoms with E-state index < -0.39 is 10.0 Å². The van der Waals surface area contributed by atoms with E-state index in [4.69, 9.17) is 33.7 Å². The van der Waals surface area contributed by atoms with Gasteiger partial charge in [-0.25, -0.2) is 8.42 Å². The Kier molecular flexibility index (Phi) is 4.58. The summed E-state index contributed by atoms with van der Waals surface area (Å²) < 4.78 is 31.6. The lowest BCUT2D eigenvalue weighted by molar-refractivity contribution is 0.148. The minimum Gasteiger partial charge on any atom is -0.396 e. The van der Waals surface area contributed by atoms with Gasteiger partial charge in [0.1, 0.15) is 4.90 Å². The van der Waals surface area contributed by atoms with Gasteiger partial charge in [-0.3, -0.25) is 0 Å². The van der Waals surface area contributed by atoms with Crippen LogP contribution in [-0.4, -0.2) is 39.0 Å². The third kappa shape index (κ3) is 2.98. The van der Waals surface area contributed by atoms with E-state index in [1.54, 1.807) is 0 Å². The molecule has 0 atom stereocenters. The van der Waals surface area contributed by atoms with E-state index in [0.717, 1.165) is 0 Å². The van der Waals surface area contributed by atoms with E-state index in [-0.39, 0.29) is 20.6 Å². The van der Waals surface area contributed by atoms with E-state index in [1.807, 2.05) is 0 Å². The number of rotatable bonds is 2. The maximum absolute atomic E-state index is 12.5. The lowest BCUT2D eigenvalue weighted by atomic mass is 10.3. The van der Waals surface area contributed by atoms with Crippen LogP contribution in [-0.2, 0) is 14.8 Å². The summed E-state index contributed by atoms with van der Waals surface area (Å²) in [5.41, 5.74) is 5.75. The highest BCUT2D eigenvalue weighted by Crippen LogP contribution is 2.34. The summed E-state index contributed by atoms with van der Waals surface area (Å²) in [6.07, 6.45) is 0.653. The zero-order chi connectivity index (χ0) is 14.0. The van der Waals surface area contributed by atoms with Crippen molar-refractivity contribution in [2.45, 2.75) is 11.3 Å². The zero-order valence-electron chi connectivity index (χ0n) is 10.1. The molecule has 0 radical (unpaired) electrons. The van der Waals surface area contributed by atoms with Crippen LogP contribution in [0.2, 0.25) is 10.0 Å². The van der Waals surface area contributed by atoms with Gasteiger partial charge in [-0.1, -0.05) is 23.2 Å². The van der Waals surface area contributed by atoms with E-state index in [1.165, 1.54) is 16.4 Å².